The van der Waals surface area contributed by atoms with Crippen molar-refractivity contribution in [3.63, 3.8) is 0 Å². The molecular formula is C94H103BN4. The lowest BCUT2D eigenvalue weighted by Crippen LogP contribution is -2.61. The molecule has 14 rings (SSSR count). The fraction of sp³-hybridized carbons (Fsp3) is 0.340. The fourth-order valence-corrected chi connectivity index (χ4v) is 14.9. The molecule has 0 spiro atoms. The molecule has 0 aliphatic carbocycles. The van der Waals surface area contributed by atoms with E-state index in [0.717, 1.165) is 50.8 Å². The number of aromatic nitrogens is 2. The number of rotatable bonds is 5. The highest BCUT2D eigenvalue weighted by atomic mass is 15.2. The summed E-state index contributed by atoms with van der Waals surface area (Å²) in [5.41, 5.74) is 24.7. The quantitative estimate of drug-likeness (QED) is 0.127. The smallest absolute Gasteiger partial charge is 0.252 e. The predicted molar refractivity (Wildman–Crippen MR) is 432 cm³/mol. The molecule has 0 saturated heterocycles. The highest BCUT2D eigenvalue weighted by Crippen LogP contribution is 2.51. The molecule has 2 aliphatic rings. The summed E-state index contributed by atoms with van der Waals surface area (Å²) in [5.74, 6) is 0.680. The van der Waals surface area contributed by atoms with Crippen molar-refractivity contribution in [3.05, 3.63) is 233 Å². The van der Waals surface area contributed by atoms with Gasteiger partial charge in [0.15, 0.2) is 5.82 Å². The molecule has 99 heavy (non-hydrogen) atoms. The van der Waals surface area contributed by atoms with Gasteiger partial charge in [0.05, 0.1) is 11.4 Å². The molecule has 0 fully saturated rings. The highest BCUT2D eigenvalue weighted by Gasteiger charge is 2.45. The van der Waals surface area contributed by atoms with E-state index in [1.807, 2.05) is 0 Å². The van der Waals surface area contributed by atoms with Gasteiger partial charge in [0.25, 0.3) is 6.71 Å². The van der Waals surface area contributed by atoms with Crippen LogP contribution in [-0.2, 0) is 43.3 Å². The monoisotopic (exact) mass is 1300 g/mol. The Balaban J connectivity index is 1.19. The molecule has 0 atom stereocenters. The van der Waals surface area contributed by atoms with Crippen LogP contribution in [0.4, 0.5) is 34.1 Å². The van der Waals surface area contributed by atoms with E-state index < -0.39 is 0 Å². The maximum absolute atomic E-state index is 6.01. The second-order valence-electron chi connectivity index (χ2n) is 37.5. The summed E-state index contributed by atoms with van der Waals surface area (Å²) in [6.07, 6.45) is 0. The van der Waals surface area contributed by atoms with Crippen LogP contribution in [-0.4, -0.2) is 16.7 Å². The lowest BCUT2D eigenvalue weighted by Gasteiger charge is -2.45. The first kappa shape index (κ1) is 67.4. The van der Waals surface area contributed by atoms with E-state index in [1.54, 1.807) is 0 Å². The van der Waals surface area contributed by atoms with E-state index >= 15 is 0 Å². The van der Waals surface area contributed by atoms with E-state index in [4.69, 9.17) is 9.97 Å². The molecule has 4 nitrogen and oxygen atoms in total. The Bertz CT molecular complexity index is 4840. The molecule has 3 heterocycles. The third-order valence-corrected chi connectivity index (χ3v) is 21.4. The summed E-state index contributed by atoms with van der Waals surface area (Å²) in [7, 11) is 0. The number of anilines is 6. The molecule has 0 unspecified atom stereocenters. The lowest BCUT2D eigenvalue weighted by atomic mass is 9.33. The van der Waals surface area contributed by atoms with Gasteiger partial charge in [-0.3, -0.25) is 0 Å². The van der Waals surface area contributed by atoms with Gasteiger partial charge in [0.1, 0.15) is 0 Å². The number of nitrogens with zero attached hydrogens (tertiary/aromatic N) is 4. The summed E-state index contributed by atoms with van der Waals surface area (Å²) in [6.45, 7) is 56.2. The van der Waals surface area contributed by atoms with Crippen molar-refractivity contribution in [2.45, 2.75) is 209 Å². The van der Waals surface area contributed by atoms with Crippen molar-refractivity contribution in [3.8, 4) is 33.9 Å². The van der Waals surface area contributed by atoms with Gasteiger partial charge >= 0.3 is 0 Å². The minimum atomic E-state index is -0.191. The van der Waals surface area contributed by atoms with Crippen LogP contribution in [0.15, 0.2) is 188 Å². The lowest BCUT2D eigenvalue weighted by molar-refractivity contribution is 0.568. The zero-order valence-corrected chi connectivity index (χ0v) is 63.8. The number of fused-ring (bicyclic) bond motifs is 8. The van der Waals surface area contributed by atoms with Crippen LogP contribution in [0.1, 0.15) is 211 Å². The Hall–Kier alpha value is -8.80. The average Bonchev–Trinajstić information content (AvgIpc) is 0.688. The number of benzene rings is 11. The molecule has 12 aromatic rings. The summed E-state index contributed by atoms with van der Waals surface area (Å²) in [4.78, 5) is 17.3. The Kier molecular flexibility index (Phi) is 15.6. The largest absolute Gasteiger partial charge is 0.311 e. The van der Waals surface area contributed by atoms with Crippen molar-refractivity contribution in [1.82, 2.24) is 9.97 Å². The first-order chi connectivity index (χ1) is 46.0. The van der Waals surface area contributed by atoms with Gasteiger partial charge < -0.3 is 9.80 Å². The zero-order valence-electron chi connectivity index (χ0n) is 63.8. The molecule has 2 aliphatic heterocycles. The van der Waals surface area contributed by atoms with Crippen molar-refractivity contribution < 1.29 is 0 Å². The van der Waals surface area contributed by atoms with Crippen molar-refractivity contribution in [2.75, 3.05) is 9.80 Å². The second-order valence-corrected chi connectivity index (χ2v) is 37.5. The van der Waals surface area contributed by atoms with Crippen LogP contribution in [0, 0.1) is 0 Å². The van der Waals surface area contributed by atoms with Gasteiger partial charge in [-0.2, -0.15) is 0 Å². The summed E-state index contributed by atoms with van der Waals surface area (Å²) in [5, 5.41) is 9.79. The van der Waals surface area contributed by atoms with Crippen molar-refractivity contribution >= 4 is 100 Å². The standard InChI is InChI=1S/C94H103BN4/c1-87(2,3)67-37-64(38-68(47-67)88(4,5)6)79-55-80(65-39-69(89(7,8)9)48-70(40-65)90(10,11)12)97-86(96-79)66-45-83-85-84(46-66)99(76-53-73(93(19,20)21)50-74(54-76)94(22,23)24)82-44-63-36-59-32-28-26-30-57(59)34-61(63)42-78(82)95(85)77-41-60-33-56-29-25-27-31-58(56)35-62(60)43-81(77)98(83)75-51-71(91(13,14)15)49-72(52-75)92(16,17)18/h25-55H,1-24H3. The molecule has 0 radical (unpaired) electrons. The van der Waals surface area contributed by atoms with Gasteiger partial charge in [-0.15, -0.1) is 0 Å². The van der Waals surface area contributed by atoms with Gasteiger partial charge in [-0.05, 0) is 250 Å². The minimum absolute atomic E-state index is 0.125. The van der Waals surface area contributed by atoms with Crippen LogP contribution < -0.4 is 26.2 Å². The molecule has 0 N–H and O–H groups in total. The minimum Gasteiger partial charge on any atom is -0.311 e. The molecule has 5 heteroatoms. The third-order valence-electron chi connectivity index (χ3n) is 21.4. The van der Waals surface area contributed by atoms with Crippen molar-refractivity contribution in [2.24, 2.45) is 0 Å². The Morgan fingerprint density at radius 2 is 0.505 bits per heavy atom. The van der Waals surface area contributed by atoms with Crippen molar-refractivity contribution in [1.29, 1.82) is 0 Å². The van der Waals surface area contributed by atoms with Gasteiger partial charge in [0, 0.05) is 50.8 Å². The van der Waals surface area contributed by atoms with E-state index in [9.17, 15) is 0 Å². The third kappa shape index (κ3) is 12.5. The van der Waals surface area contributed by atoms with E-state index in [-0.39, 0.29) is 50.0 Å². The Morgan fingerprint density at radius 3 is 0.778 bits per heavy atom. The van der Waals surface area contributed by atoms with Gasteiger partial charge in [-0.25, -0.2) is 9.97 Å². The predicted octanol–water partition coefficient (Wildman–Crippen LogP) is 24.6. The Labute approximate surface area is 592 Å². The van der Waals surface area contributed by atoms with Crippen LogP contribution in [0.2, 0.25) is 0 Å². The summed E-state index contributed by atoms with van der Waals surface area (Å²) in [6, 6.07) is 74.2. The van der Waals surface area contributed by atoms with Crippen LogP contribution in [0.25, 0.3) is 77.0 Å². The molecular weight excluding hydrogens is 1200 g/mol. The first-order valence-electron chi connectivity index (χ1n) is 36.3. The average molecular weight is 1300 g/mol. The van der Waals surface area contributed by atoms with E-state index in [2.05, 4.69) is 364 Å². The second kappa shape index (κ2) is 22.9. The topological polar surface area (TPSA) is 32.3 Å². The number of hydrogen-bond donors (Lipinski definition) is 0. The number of hydrogen-bond acceptors (Lipinski definition) is 4. The molecule has 0 amide bonds. The Morgan fingerprint density at radius 1 is 0.242 bits per heavy atom. The molecule has 502 valence electrons. The van der Waals surface area contributed by atoms with Crippen LogP contribution >= 0.6 is 0 Å². The normalized spacial score (nSPS) is 14.0. The highest BCUT2D eigenvalue weighted by molar-refractivity contribution is 7.00. The summed E-state index contributed by atoms with van der Waals surface area (Å²) >= 11 is 0. The summed E-state index contributed by atoms with van der Waals surface area (Å²) < 4.78 is 0. The molecule has 0 bridgehead atoms. The van der Waals surface area contributed by atoms with E-state index in [1.165, 1.54) is 115 Å². The maximum Gasteiger partial charge on any atom is 0.252 e. The zero-order chi connectivity index (χ0) is 71.0. The molecule has 1 aromatic heterocycles. The van der Waals surface area contributed by atoms with Crippen LogP contribution in [0.3, 0.4) is 0 Å². The van der Waals surface area contributed by atoms with Crippen LogP contribution in [0.5, 0.6) is 0 Å². The molecule has 0 saturated carbocycles. The SMILES string of the molecule is CC(C)(C)c1cc(-c2cc(-c3cc(C(C)(C)C)cc(C(C)(C)C)c3)nc(-c3cc4c5c(c3)N(c3cc(C(C)(C)C)cc(C(C)(C)C)c3)c3cc6cc7ccccc7cc6cc3B5c3cc5cc6ccccc6cc5cc3N4c3cc(C(C)(C)C)cc(C(C)(C)C)c3)n2)cc(C(C)(C)C)c1. The van der Waals surface area contributed by atoms with Gasteiger partial charge in [-0.1, -0.05) is 251 Å². The first-order valence-corrected chi connectivity index (χ1v) is 36.3. The maximum atomic E-state index is 6.01. The van der Waals surface area contributed by atoms with Gasteiger partial charge in [0.2, 0.25) is 0 Å². The van der Waals surface area contributed by atoms with E-state index in [0.29, 0.717) is 5.82 Å². The molecule has 11 aromatic carbocycles. The fourth-order valence-electron chi connectivity index (χ4n) is 14.9.